The summed E-state index contributed by atoms with van der Waals surface area (Å²) in [4.78, 5) is 7.69. The Kier molecular flexibility index (Phi) is 7.71. The van der Waals surface area contributed by atoms with Crippen LogP contribution < -0.4 is 0 Å². The van der Waals surface area contributed by atoms with Crippen LogP contribution in [0.3, 0.4) is 0 Å². The predicted octanol–water partition coefficient (Wildman–Crippen LogP) is 2.89. The molecule has 0 bridgehead atoms. The molecule has 0 aromatic rings. The van der Waals surface area contributed by atoms with Crippen LogP contribution in [0, 0.1) is 0 Å². The molecule has 0 aliphatic carbocycles. The Hall–Kier alpha value is 0.890. The van der Waals surface area contributed by atoms with E-state index in [4.69, 9.17) is 39.7 Å². The minimum absolute atomic E-state index is 0.0142. The maximum absolute atomic E-state index is 10.3. The molecule has 0 fully saturated rings. The normalized spacial score (nSPS) is 13.1. The van der Waals surface area contributed by atoms with Crippen LogP contribution in [-0.4, -0.2) is 28.1 Å². The zero-order valence-electron chi connectivity index (χ0n) is 6.88. The van der Waals surface area contributed by atoms with E-state index in [-0.39, 0.29) is 6.61 Å². The zero-order chi connectivity index (χ0) is 10.3. The highest BCUT2D eigenvalue weighted by atomic mass is 35.5. The summed E-state index contributed by atoms with van der Waals surface area (Å²) in [5, 5.41) is 0. The molecule has 0 aromatic heterocycles. The lowest BCUT2D eigenvalue weighted by atomic mass is 10.0. The Morgan fingerprint density at radius 3 is 2.08 bits per heavy atom. The van der Waals surface area contributed by atoms with Crippen molar-refractivity contribution in [2.75, 3.05) is 18.4 Å². The lowest BCUT2D eigenvalue weighted by molar-refractivity contribution is 0.239. The van der Waals surface area contributed by atoms with Crippen molar-refractivity contribution < 1.29 is 14.0 Å². The fraction of sp³-hybridized carbons (Fsp3) is 1.00. The lowest BCUT2D eigenvalue weighted by Crippen LogP contribution is -2.28. The molecule has 1 N–H and O–H groups in total. The second-order valence-corrected chi connectivity index (χ2v) is 4.83. The van der Waals surface area contributed by atoms with Crippen molar-refractivity contribution in [3.63, 3.8) is 0 Å². The van der Waals surface area contributed by atoms with Crippen molar-refractivity contribution in [2.24, 2.45) is 0 Å². The Morgan fingerprint density at radius 1 is 1.31 bits per heavy atom. The summed E-state index contributed by atoms with van der Waals surface area (Å²) in [6.45, 7) is -0.0142. The van der Waals surface area contributed by atoms with Crippen molar-refractivity contribution in [2.45, 2.75) is 17.7 Å². The molecule has 3 nitrogen and oxygen atoms in total. The summed E-state index contributed by atoms with van der Waals surface area (Å²) < 4.78 is 14.8. The molecule has 0 rings (SSSR count). The van der Waals surface area contributed by atoms with Gasteiger partial charge in [-0.2, -0.15) is 0 Å². The fourth-order valence-electron chi connectivity index (χ4n) is 0.779. The summed E-state index contributed by atoms with van der Waals surface area (Å²) in [7, 11) is -2.61. The molecule has 0 saturated carbocycles. The number of alkyl halides is 3. The van der Waals surface area contributed by atoms with E-state index in [1.54, 1.807) is 0 Å². The quantitative estimate of drug-likeness (QED) is 0.570. The maximum atomic E-state index is 10.3. The smallest absolute Gasteiger partial charge is 0.133 e. The van der Waals surface area contributed by atoms with Gasteiger partial charge in [0, 0.05) is 16.3 Å². The van der Waals surface area contributed by atoms with Crippen LogP contribution in [0.4, 0.5) is 0 Å². The van der Waals surface area contributed by atoms with E-state index in [9.17, 15) is 4.57 Å². The van der Waals surface area contributed by atoms with E-state index in [0.717, 1.165) is 0 Å². The molecule has 0 aromatic carbocycles. The van der Waals surface area contributed by atoms with Gasteiger partial charge in [0.15, 0.2) is 0 Å². The van der Waals surface area contributed by atoms with Crippen molar-refractivity contribution in [1.82, 2.24) is 0 Å². The van der Waals surface area contributed by atoms with Crippen LogP contribution in [0.1, 0.15) is 12.8 Å². The first-order valence-corrected chi connectivity index (χ1v) is 6.22. The standard InChI is InChI=1S/C6H10Cl3O3P/c7-3-1-6(9,2-4-8)5-12-13(10)11/h1-5H2/p+1. The van der Waals surface area contributed by atoms with Crippen LogP contribution in [0.5, 0.6) is 0 Å². The Bertz CT molecular complexity index is 161. The molecule has 7 heteroatoms. The fourth-order valence-corrected chi connectivity index (χ4v) is 2.37. The number of halogens is 3. The number of hydrogen-bond donors (Lipinski definition) is 1. The first-order valence-electron chi connectivity index (χ1n) is 3.64. The maximum Gasteiger partial charge on any atom is 0.694 e. The molecule has 0 aliphatic rings. The highest BCUT2D eigenvalue weighted by molar-refractivity contribution is 7.32. The lowest BCUT2D eigenvalue weighted by Gasteiger charge is -2.21. The first-order chi connectivity index (χ1) is 6.04. The molecule has 78 valence electrons. The Labute approximate surface area is 93.3 Å². The zero-order valence-corrected chi connectivity index (χ0v) is 10.0. The first kappa shape index (κ1) is 13.9. The second-order valence-electron chi connectivity index (χ2n) is 2.54. The summed E-state index contributed by atoms with van der Waals surface area (Å²) >= 11 is 17.1. The van der Waals surface area contributed by atoms with E-state index >= 15 is 0 Å². The molecular formula is C6H11Cl3O3P+. The molecule has 0 radical (unpaired) electrons. The molecule has 1 unspecified atom stereocenters. The predicted molar refractivity (Wildman–Crippen MR) is 55.0 cm³/mol. The van der Waals surface area contributed by atoms with Gasteiger partial charge in [0.25, 0.3) is 0 Å². The van der Waals surface area contributed by atoms with Gasteiger partial charge in [0.1, 0.15) is 6.61 Å². The van der Waals surface area contributed by atoms with Gasteiger partial charge in [0.05, 0.1) is 4.87 Å². The van der Waals surface area contributed by atoms with Crippen LogP contribution in [-0.2, 0) is 9.09 Å². The largest absolute Gasteiger partial charge is 0.694 e. The van der Waals surface area contributed by atoms with Crippen LogP contribution >= 0.6 is 43.1 Å². The Morgan fingerprint density at radius 2 is 1.77 bits per heavy atom. The molecule has 0 heterocycles. The van der Waals surface area contributed by atoms with Crippen molar-refractivity contribution in [3.05, 3.63) is 0 Å². The van der Waals surface area contributed by atoms with Crippen LogP contribution in [0.25, 0.3) is 0 Å². The van der Waals surface area contributed by atoms with Gasteiger partial charge in [-0.3, -0.25) is 0 Å². The monoisotopic (exact) mass is 267 g/mol. The van der Waals surface area contributed by atoms with Gasteiger partial charge in [0.2, 0.25) is 0 Å². The highest BCUT2D eigenvalue weighted by Gasteiger charge is 2.31. The third-order valence-electron chi connectivity index (χ3n) is 1.52. The van der Waals surface area contributed by atoms with E-state index in [1.807, 2.05) is 0 Å². The summed E-state index contributed by atoms with van der Waals surface area (Å²) in [5.74, 6) is 0.734. The molecule has 0 saturated heterocycles. The van der Waals surface area contributed by atoms with E-state index in [1.165, 1.54) is 0 Å². The highest BCUT2D eigenvalue weighted by Crippen LogP contribution is 2.29. The van der Waals surface area contributed by atoms with Crippen molar-refractivity contribution >= 4 is 43.1 Å². The summed E-state index contributed by atoms with van der Waals surface area (Å²) in [6, 6.07) is 0. The van der Waals surface area contributed by atoms with Gasteiger partial charge >= 0.3 is 8.25 Å². The molecule has 0 spiro atoms. The van der Waals surface area contributed by atoms with E-state index < -0.39 is 13.1 Å². The number of rotatable bonds is 7. The third-order valence-corrected chi connectivity index (χ3v) is 2.73. The van der Waals surface area contributed by atoms with Crippen LogP contribution in [0.15, 0.2) is 0 Å². The van der Waals surface area contributed by atoms with Gasteiger partial charge in [-0.05, 0) is 12.8 Å². The summed E-state index contributed by atoms with van der Waals surface area (Å²) in [6.07, 6.45) is 0.984. The van der Waals surface area contributed by atoms with E-state index in [0.29, 0.717) is 24.6 Å². The van der Waals surface area contributed by atoms with Gasteiger partial charge < -0.3 is 0 Å². The molecule has 0 aliphatic heterocycles. The molecule has 1 atom stereocenters. The average Bonchev–Trinajstić information content (AvgIpc) is 2.02. The minimum Gasteiger partial charge on any atom is -0.133 e. The van der Waals surface area contributed by atoms with E-state index in [2.05, 4.69) is 4.52 Å². The summed E-state index contributed by atoms with van der Waals surface area (Å²) in [5.41, 5.74) is 0. The van der Waals surface area contributed by atoms with Crippen molar-refractivity contribution in [3.8, 4) is 0 Å². The Balaban J connectivity index is 3.98. The molecule has 13 heavy (non-hydrogen) atoms. The number of hydrogen-bond acceptors (Lipinski definition) is 2. The van der Waals surface area contributed by atoms with Gasteiger partial charge in [-0.25, -0.2) is 0 Å². The SMILES string of the molecule is O=[P+](O)OCC(Cl)(CCCl)CCCl. The van der Waals surface area contributed by atoms with Gasteiger partial charge in [-0.1, -0.05) is 0 Å². The average molecular weight is 268 g/mol. The molecule has 0 amide bonds. The topological polar surface area (TPSA) is 46.5 Å². The minimum atomic E-state index is -2.61. The van der Waals surface area contributed by atoms with Crippen molar-refractivity contribution in [1.29, 1.82) is 0 Å². The van der Waals surface area contributed by atoms with Gasteiger partial charge in [-0.15, -0.1) is 44.2 Å². The third kappa shape index (κ3) is 6.89. The second kappa shape index (κ2) is 7.22. The van der Waals surface area contributed by atoms with Crippen LogP contribution in [0.2, 0.25) is 0 Å². The molecular weight excluding hydrogens is 257 g/mol.